The van der Waals surface area contributed by atoms with Crippen LogP contribution in [0.1, 0.15) is 40.7 Å². The molecule has 1 aliphatic carbocycles. The summed E-state index contributed by atoms with van der Waals surface area (Å²) in [6, 6.07) is 47.7. The fourth-order valence-electron chi connectivity index (χ4n) is 5.47. The number of rotatable bonds is 7. The third-order valence-electron chi connectivity index (χ3n) is 7.48. The average Bonchev–Trinajstić information content (AvgIpc) is 3.01. The number of allylic oxidation sites excluding steroid dienone is 2. The largest absolute Gasteiger partial charge is 0.310 e. The second kappa shape index (κ2) is 11.8. The topological polar surface area (TPSA) is 3.24 Å². The van der Waals surface area contributed by atoms with Crippen LogP contribution < -0.4 is 4.90 Å². The molecule has 0 radical (unpaired) electrons. The first-order chi connectivity index (χ1) is 19.3. The quantitative estimate of drug-likeness (QED) is 0.200. The standard InChI is InChI=1S/C38H33N/c1-4-15-32(16-5-1)38(33-17-6-2-7-18-33)22-12-13-30-23-26-36(27-24-30)39(35-20-8-3-9-21-35)37-28-25-31-14-10-11-19-34(31)29-37/h1-9,12-13,15-18,20-29H,10-11,14,19H2/b13-12+. The van der Waals surface area contributed by atoms with Crippen molar-refractivity contribution >= 4 is 28.7 Å². The zero-order valence-corrected chi connectivity index (χ0v) is 22.2. The molecule has 5 aromatic rings. The van der Waals surface area contributed by atoms with Crippen LogP contribution in [-0.4, -0.2) is 0 Å². The van der Waals surface area contributed by atoms with Gasteiger partial charge in [0.1, 0.15) is 0 Å². The predicted octanol–water partition coefficient (Wildman–Crippen LogP) is 10.2. The lowest BCUT2D eigenvalue weighted by Crippen LogP contribution is -2.11. The maximum absolute atomic E-state index is 2.40. The van der Waals surface area contributed by atoms with E-state index in [1.807, 2.05) is 0 Å². The fourth-order valence-corrected chi connectivity index (χ4v) is 5.47. The molecule has 39 heavy (non-hydrogen) atoms. The minimum atomic E-state index is 1.17. The van der Waals surface area contributed by atoms with Gasteiger partial charge in [0.25, 0.3) is 0 Å². The van der Waals surface area contributed by atoms with E-state index in [1.54, 1.807) is 0 Å². The maximum Gasteiger partial charge on any atom is 0.0464 e. The molecule has 1 heteroatoms. The number of nitrogens with zero attached hydrogens (tertiary/aromatic N) is 1. The summed E-state index contributed by atoms with van der Waals surface area (Å²) in [5.41, 5.74) is 11.4. The lowest BCUT2D eigenvalue weighted by Gasteiger charge is -2.27. The van der Waals surface area contributed by atoms with Crippen LogP contribution in [0.4, 0.5) is 17.1 Å². The van der Waals surface area contributed by atoms with E-state index < -0.39 is 0 Å². The van der Waals surface area contributed by atoms with E-state index in [9.17, 15) is 0 Å². The third kappa shape index (κ3) is 5.78. The summed E-state index contributed by atoms with van der Waals surface area (Å²) >= 11 is 0. The zero-order chi connectivity index (χ0) is 26.3. The van der Waals surface area contributed by atoms with E-state index in [4.69, 9.17) is 0 Å². The molecule has 6 rings (SSSR count). The van der Waals surface area contributed by atoms with Gasteiger partial charge in [0.15, 0.2) is 0 Å². The van der Waals surface area contributed by atoms with Crippen molar-refractivity contribution in [2.45, 2.75) is 25.7 Å². The first-order valence-corrected chi connectivity index (χ1v) is 13.9. The summed E-state index contributed by atoms with van der Waals surface area (Å²) in [4.78, 5) is 2.37. The van der Waals surface area contributed by atoms with Crippen LogP contribution in [0.2, 0.25) is 0 Å². The van der Waals surface area contributed by atoms with Crippen LogP contribution in [0.3, 0.4) is 0 Å². The molecule has 0 fully saturated rings. The molecule has 0 bridgehead atoms. The van der Waals surface area contributed by atoms with Crippen LogP contribution in [-0.2, 0) is 12.8 Å². The Morgan fingerprint density at radius 2 is 1.05 bits per heavy atom. The second-order valence-electron chi connectivity index (χ2n) is 10.1. The monoisotopic (exact) mass is 503 g/mol. The molecular formula is C38H33N. The molecule has 0 saturated carbocycles. The van der Waals surface area contributed by atoms with Gasteiger partial charge in [0.2, 0.25) is 0 Å². The summed E-state index contributed by atoms with van der Waals surface area (Å²) in [5, 5.41) is 0. The van der Waals surface area contributed by atoms with E-state index in [-0.39, 0.29) is 0 Å². The van der Waals surface area contributed by atoms with Gasteiger partial charge in [-0.15, -0.1) is 0 Å². The molecule has 1 nitrogen and oxygen atoms in total. The van der Waals surface area contributed by atoms with Crippen molar-refractivity contribution in [2.75, 3.05) is 4.90 Å². The molecule has 0 spiro atoms. The highest BCUT2D eigenvalue weighted by Gasteiger charge is 2.16. The normalized spacial score (nSPS) is 12.6. The first kappa shape index (κ1) is 24.7. The van der Waals surface area contributed by atoms with Gasteiger partial charge in [-0.2, -0.15) is 0 Å². The van der Waals surface area contributed by atoms with E-state index >= 15 is 0 Å². The van der Waals surface area contributed by atoms with Gasteiger partial charge in [0, 0.05) is 17.1 Å². The highest BCUT2D eigenvalue weighted by Crippen LogP contribution is 2.36. The number of hydrogen-bond donors (Lipinski definition) is 0. The predicted molar refractivity (Wildman–Crippen MR) is 167 cm³/mol. The van der Waals surface area contributed by atoms with Gasteiger partial charge < -0.3 is 4.90 Å². The van der Waals surface area contributed by atoms with Crippen molar-refractivity contribution in [3.63, 3.8) is 0 Å². The Hall–Kier alpha value is -4.62. The highest BCUT2D eigenvalue weighted by molar-refractivity contribution is 5.82. The molecule has 0 unspecified atom stereocenters. The fraction of sp³-hybridized carbons (Fsp3) is 0.105. The second-order valence-corrected chi connectivity index (χ2v) is 10.1. The van der Waals surface area contributed by atoms with E-state index in [2.05, 4.69) is 157 Å². The highest BCUT2D eigenvalue weighted by atomic mass is 15.1. The molecule has 5 aromatic carbocycles. The SMILES string of the molecule is C(/C=C/c1ccc(N(c2ccccc2)c2ccc3c(c2)CCCC3)cc1)=C(c1ccccc1)c1ccccc1. The lowest BCUT2D eigenvalue weighted by atomic mass is 9.91. The van der Waals surface area contributed by atoms with Crippen LogP contribution >= 0.6 is 0 Å². The van der Waals surface area contributed by atoms with Crippen molar-refractivity contribution in [1.82, 2.24) is 0 Å². The molecule has 0 heterocycles. The number of para-hydroxylation sites is 1. The summed E-state index contributed by atoms with van der Waals surface area (Å²) in [5.74, 6) is 0. The Bertz CT molecular complexity index is 1520. The molecule has 0 N–H and O–H groups in total. The number of fused-ring (bicyclic) bond motifs is 1. The summed E-state index contributed by atoms with van der Waals surface area (Å²) in [6.45, 7) is 0. The molecule has 0 amide bonds. The average molecular weight is 504 g/mol. The zero-order valence-electron chi connectivity index (χ0n) is 22.2. The Morgan fingerprint density at radius 3 is 1.69 bits per heavy atom. The van der Waals surface area contributed by atoms with Crippen molar-refractivity contribution in [1.29, 1.82) is 0 Å². The number of anilines is 3. The van der Waals surface area contributed by atoms with Gasteiger partial charge >= 0.3 is 0 Å². The molecule has 1 aliphatic rings. The minimum Gasteiger partial charge on any atom is -0.310 e. The molecule has 0 atom stereocenters. The maximum atomic E-state index is 2.40. The molecule has 0 aliphatic heterocycles. The van der Waals surface area contributed by atoms with Gasteiger partial charge in [-0.25, -0.2) is 0 Å². The molecule has 0 aromatic heterocycles. The third-order valence-corrected chi connectivity index (χ3v) is 7.48. The first-order valence-electron chi connectivity index (χ1n) is 13.9. The number of benzene rings is 5. The van der Waals surface area contributed by atoms with E-state index in [0.29, 0.717) is 0 Å². The van der Waals surface area contributed by atoms with Gasteiger partial charge in [-0.1, -0.05) is 115 Å². The van der Waals surface area contributed by atoms with Crippen LogP contribution in [0.5, 0.6) is 0 Å². The lowest BCUT2D eigenvalue weighted by molar-refractivity contribution is 0.685. The smallest absolute Gasteiger partial charge is 0.0464 e. The van der Waals surface area contributed by atoms with Crippen molar-refractivity contribution in [3.05, 3.63) is 173 Å². The summed E-state index contributed by atoms with van der Waals surface area (Å²) in [6.07, 6.45) is 11.5. The van der Waals surface area contributed by atoms with Gasteiger partial charge in [-0.05, 0) is 95.5 Å². The van der Waals surface area contributed by atoms with Crippen molar-refractivity contribution < 1.29 is 0 Å². The Kier molecular flexibility index (Phi) is 7.50. The van der Waals surface area contributed by atoms with Crippen LogP contribution in [0.15, 0.2) is 146 Å². The molecular weight excluding hydrogens is 470 g/mol. The Labute approximate surface area is 232 Å². The van der Waals surface area contributed by atoms with Crippen LogP contribution in [0, 0.1) is 0 Å². The van der Waals surface area contributed by atoms with Crippen molar-refractivity contribution in [3.8, 4) is 0 Å². The van der Waals surface area contributed by atoms with E-state index in [0.717, 1.165) is 0 Å². The minimum absolute atomic E-state index is 1.17. The number of aryl methyl sites for hydroxylation is 2. The molecule has 190 valence electrons. The van der Waals surface area contributed by atoms with E-state index in [1.165, 1.54) is 76.1 Å². The van der Waals surface area contributed by atoms with Crippen LogP contribution in [0.25, 0.3) is 11.6 Å². The Balaban J connectivity index is 1.30. The van der Waals surface area contributed by atoms with Crippen molar-refractivity contribution in [2.24, 2.45) is 0 Å². The van der Waals surface area contributed by atoms with Gasteiger partial charge in [0.05, 0.1) is 0 Å². The Morgan fingerprint density at radius 1 is 0.513 bits per heavy atom. The molecule has 0 saturated heterocycles. The van der Waals surface area contributed by atoms with Gasteiger partial charge in [-0.3, -0.25) is 0 Å². The summed E-state index contributed by atoms with van der Waals surface area (Å²) in [7, 11) is 0. The number of hydrogen-bond acceptors (Lipinski definition) is 1. The summed E-state index contributed by atoms with van der Waals surface area (Å²) < 4.78 is 0.